The lowest BCUT2D eigenvalue weighted by atomic mass is 10.1. The minimum Gasteiger partial charge on any atom is -0.350 e. The summed E-state index contributed by atoms with van der Waals surface area (Å²) >= 11 is 1.66. The Labute approximate surface area is 155 Å². The Balaban J connectivity index is 1.65. The first kappa shape index (κ1) is 19.8. The van der Waals surface area contributed by atoms with Crippen molar-refractivity contribution in [3.8, 4) is 0 Å². The van der Waals surface area contributed by atoms with E-state index >= 15 is 0 Å². The summed E-state index contributed by atoms with van der Waals surface area (Å²) in [4.78, 5) is 28.3. The van der Waals surface area contributed by atoms with Crippen LogP contribution in [0.4, 0.5) is 0 Å². The van der Waals surface area contributed by atoms with Gasteiger partial charge >= 0.3 is 0 Å². The van der Waals surface area contributed by atoms with Crippen LogP contribution >= 0.6 is 11.8 Å². The van der Waals surface area contributed by atoms with E-state index in [1.54, 1.807) is 11.8 Å². The maximum atomic E-state index is 12.3. The molecule has 1 N–H and O–H groups in total. The zero-order chi connectivity index (χ0) is 18.3. The Morgan fingerprint density at radius 1 is 1.08 bits per heavy atom. The van der Waals surface area contributed by atoms with Crippen molar-refractivity contribution in [1.82, 2.24) is 15.1 Å². The van der Waals surface area contributed by atoms with Crippen molar-refractivity contribution in [2.24, 2.45) is 0 Å². The van der Waals surface area contributed by atoms with Crippen LogP contribution in [0.15, 0.2) is 30.3 Å². The topological polar surface area (TPSA) is 52.7 Å². The Morgan fingerprint density at radius 3 is 2.32 bits per heavy atom. The second-order valence-electron chi connectivity index (χ2n) is 7.43. The number of hydrogen-bond donors (Lipinski definition) is 1. The molecule has 0 unspecified atom stereocenters. The highest BCUT2D eigenvalue weighted by molar-refractivity contribution is 7.99. The predicted octanol–water partition coefficient (Wildman–Crippen LogP) is 1.98. The van der Waals surface area contributed by atoms with Gasteiger partial charge in [0.2, 0.25) is 11.8 Å². The first-order valence-electron chi connectivity index (χ1n) is 8.76. The number of nitrogens with zero attached hydrogens (tertiary/aromatic N) is 2. The Kier molecular flexibility index (Phi) is 7.32. The van der Waals surface area contributed by atoms with Crippen LogP contribution < -0.4 is 5.32 Å². The third-order valence-electron chi connectivity index (χ3n) is 3.94. The third kappa shape index (κ3) is 7.48. The first-order valence-corrected chi connectivity index (χ1v) is 9.92. The fraction of sp³-hybridized carbons (Fsp3) is 0.579. The minimum absolute atomic E-state index is 0.0469. The highest BCUT2D eigenvalue weighted by atomic mass is 32.2. The number of nitrogens with one attached hydrogen (secondary N) is 1. The van der Waals surface area contributed by atoms with Crippen molar-refractivity contribution in [1.29, 1.82) is 0 Å². The summed E-state index contributed by atoms with van der Waals surface area (Å²) in [6.45, 7) is 9.26. The molecular weight excluding hydrogens is 334 g/mol. The largest absolute Gasteiger partial charge is 0.350 e. The van der Waals surface area contributed by atoms with Crippen molar-refractivity contribution in [2.75, 3.05) is 38.5 Å². The fourth-order valence-electron chi connectivity index (χ4n) is 2.74. The number of hydrogen-bond acceptors (Lipinski definition) is 4. The van der Waals surface area contributed by atoms with Gasteiger partial charge in [0.25, 0.3) is 0 Å². The lowest BCUT2D eigenvalue weighted by Crippen LogP contribution is -2.53. The summed E-state index contributed by atoms with van der Waals surface area (Å²) in [6, 6.07) is 10.2. The molecule has 0 aliphatic carbocycles. The van der Waals surface area contributed by atoms with Crippen LogP contribution in [0.2, 0.25) is 0 Å². The van der Waals surface area contributed by atoms with E-state index in [1.807, 2.05) is 43.9 Å². The summed E-state index contributed by atoms with van der Waals surface area (Å²) in [6.07, 6.45) is 0. The molecule has 0 radical (unpaired) electrons. The van der Waals surface area contributed by atoms with Gasteiger partial charge in [-0.3, -0.25) is 14.5 Å². The zero-order valence-corrected chi connectivity index (χ0v) is 16.3. The van der Waals surface area contributed by atoms with Crippen LogP contribution in [-0.4, -0.2) is 65.6 Å². The second kappa shape index (κ2) is 9.25. The van der Waals surface area contributed by atoms with Gasteiger partial charge in [0.05, 0.1) is 12.3 Å². The van der Waals surface area contributed by atoms with Crippen LogP contribution in [0, 0.1) is 0 Å². The molecule has 0 atom stereocenters. The molecule has 2 rings (SSSR count). The molecule has 25 heavy (non-hydrogen) atoms. The highest BCUT2D eigenvalue weighted by Crippen LogP contribution is 2.13. The number of amides is 2. The molecule has 1 fully saturated rings. The molecule has 0 aromatic heterocycles. The molecule has 1 saturated heterocycles. The maximum Gasteiger partial charge on any atom is 0.234 e. The second-order valence-corrected chi connectivity index (χ2v) is 8.42. The lowest BCUT2D eigenvalue weighted by molar-refractivity contribution is -0.130. The van der Waals surface area contributed by atoms with Crippen LogP contribution in [0.3, 0.4) is 0 Å². The van der Waals surface area contributed by atoms with E-state index < -0.39 is 0 Å². The SMILES string of the molecule is CC(C)(C)NC(=O)CN1CCN(C(=O)CSCc2ccccc2)CC1. The van der Waals surface area contributed by atoms with Crippen LogP contribution in [0.5, 0.6) is 0 Å². The summed E-state index contributed by atoms with van der Waals surface area (Å²) in [5.41, 5.74) is 1.04. The van der Waals surface area contributed by atoms with E-state index in [0.717, 1.165) is 18.8 Å². The molecule has 0 saturated carbocycles. The van der Waals surface area contributed by atoms with Crippen molar-refractivity contribution in [3.63, 3.8) is 0 Å². The van der Waals surface area contributed by atoms with Gasteiger partial charge in [0, 0.05) is 37.5 Å². The molecular formula is C19H29N3O2S. The maximum absolute atomic E-state index is 12.3. The van der Waals surface area contributed by atoms with E-state index in [0.29, 0.717) is 25.4 Å². The number of carbonyl (C=O) groups is 2. The van der Waals surface area contributed by atoms with Crippen LogP contribution in [-0.2, 0) is 15.3 Å². The molecule has 1 aromatic rings. The molecule has 0 spiro atoms. The van der Waals surface area contributed by atoms with Gasteiger partial charge in [-0.25, -0.2) is 0 Å². The summed E-state index contributed by atoms with van der Waals surface area (Å²) in [7, 11) is 0. The quantitative estimate of drug-likeness (QED) is 0.840. The normalized spacial score (nSPS) is 15.9. The monoisotopic (exact) mass is 363 g/mol. The van der Waals surface area contributed by atoms with E-state index in [2.05, 4.69) is 22.3 Å². The molecule has 1 aliphatic heterocycles. The Bertz CT molecular complexity index is 564. The highest BCUT2D eigenvalue weighted by Gasteiger charge is 2.23. The molecule has 6 heteroatoms. The van der Waals surface area contributed by atoms with Gasteiger partial charge in [0.15, 0.2) is 0 Å². The van der Waals surface area contributed by atoms with E-state index in [4.69, 9.17) is 0 Å². The van der Waals surface area contributed by atoms with Gasteiger partial charge in [0.1, 0.15) is 0 Å². The molecule has 2 amide bonds. The molecule has 1 heterocycles. The molecule has 1 aromatic carbocycles. The van der Waals surface area contributed by atoms with Crippen molar-refractivity contribution in [2.45, 2.75) is 32.1 Å². The first-order chi connectivity index (χ1) is 11.8. The van der Waals surface area contributed by atoms with E-state index in [9.17, 15) is 9.59 Å². The molecule has 138 valence electrons. The number of carbonyl (C=O) groups excluding carboxylic acids is 2. The lowest BCUT2D eigenvalue weighted by Gasteiger charge is -2.35. The van der Waals surface area contributed by atoms with Gasteiger partial charge in [-0.2, -0.15) is 0 Å². The fourth-order valence-corrected chi connectivity index (χ4v) is 3.63. The van der Waals surface area contributed by atoms with Crippen LogP contribution in [0.25, 0.3) is 0 Å². The standard InChI is InChI=1S/C19H29N3O2S/c1-19(2,3)20-17(23)13-21-9-11-22(12-10-21)18(24)15-25-14-16-7-5-4-6-8-16/h4-8H,9-15H2,1-3H3,(H,20,23). The van der Waals surface area contributed by atoms with Gasteiger partial charge in [-0.15, -0.1) is 11.8 Å². The van der Waals surface area contributed by atoms with Crippen molar-refractivity contribution < 1.29 is 9.59 Å². The Morgan fingerprint density at radius 2 is 1.72 bits per heavy atom. The number of piperazine rings is 1. The number of thioether (sulfide) groups is 1. The van der Waals surface area contributed by atoms with Gasteiger partial charge in [-0.05, 0) is 26.3 Å². The molecule has 1 aliphatic rings. The summed E-state index contributed by atoms with van der Waals surface area (Å²) in [5, 5.41) is 2.98. The summed E-state index contributed by atoms with van der Waals surface area (Å²) in [5.74, 6) is 1.62. The number of benzene rings is 1. The predicted molar refractivity (Wildman–Crippen MR) is 104 cm³/mol. The average Bonchev–Trinajstić information content (AvgIpc) is 2.54. The third-order valence-corrected chi connectivity index (χ3v) is 4.93. The van der Waals surface area contributed by atoms with Crippen LogP contribution in [0.1, 0.15) is 26.3 Å². The molecule has 0 bridgehead atoms. The number of rotatable bonds is 6. The van der Waals surface area contributed by atoms with Gasteiger partial charge < -0.3 is 10.2 Å². The van der Waals surface area contributed by atoms with Crippen molar-refractivity contribution >= 4 is 23.6 Å². The zero-order valence-electron chi connectivity index (χ0n) is 15.5. The average molecular weight is 364 g/mol. The minimum atomic E-state index is -0.204. The van der Waals surface area contributed by atoms with Gasteiger partial charge in [-0.1, -0.05) is 30.3 Å². The van der Waals surface area contributed by atoms with Crippen molar-refractivity contribution in [3.05, 3.63) is 35.9 Å². The van der Waals surface area contributed by atoms with E-state index in [1.165, 1.54) is 5.56 Å². The smallest absolute Gasteiger partial charge is 0.234 e. The molecule has 5 nitrogen and oxygen atoms in total. The van der Waals surface area contributed by atoms with E-state index in [-0.39, 0.29) is 17.4 Å². The summed E-state index contributed by atoms with van der Waals surface area (Å²) < 4.78 is 0. The Hall–Kier alpha value is -1.53.